The molecule has 1 aliphatic rings. The van der Waals surface area contributed by atoms with Crippen molar-refractivity contribution in [2.24, 2.45) is 0 Å². The summed E-state index contributed by atoms with van der Waals surface area (Å²) < 4.78 is 6.22. The minimum atomic E-state index is 0.153. The van der Waals surface area contributed by atoms with Gasteiger partial charge in [-0.05, 0) is 44.4 Å². The summed E-state index contributed by atoms with van der Waals surface area (Å²) in [7, 11) is 0. The molecule has 0 spiro atoms. The summed E-state index contributed by atoms with van der Waals surface area (Å²) in [5.41, 5.74) is 2.93. The van der Waals surface area contributed by atoms with Crippen molar-refractivity contribution in [2.45, 2.75) is 39.2 Å². The predicted molar refractivity (Wildman–Crippen MR) is 87.5 cm³/mol. The molecule has 2 heterocycles. The van der Waals surface area contributed by atoms with E-state index in [1.807, 2.05) is 30.9 Å². The minimum absolute atomic E-state index is 0.153. The van der Waals surface area contributed by atoms with Crippen molar-refractivity contribution in [3.63, 3.8) is 0 Å². The molecule has 1 aromatic heterocycles. The quantitative estimate of drug-likeness (QED) is 0.829. The van der Waals surface area contributed by atoms with E-state index in [2.05, 4.69) is 33.2 Å². The highest BCUT2D eigenvalue weighted by Crippen LogP contribution is 2.33. The maximum atomic E-state index is 12.7. The second-order valence-corrected chi connectivity index (χ2v) is 6.69. The number of amides is 1. The SMILES string of the molecule is Cc1noc(C)c1CC(=O)N1CCC[C@@H]1c1ccc(Br)cc1. The average molecular weight is 363 g/mol. The van der Waals surface area contributed by atoms with E-state index in [1.165, 1.54) is 5.56 Å². The largest absolute Gasteiger partial charge is 0.361 e. The molecule has 0 saturated carbocycles. The first-order valence-electron chi connectivity index (χ1n) is 7.53. The summed E-state index contributed by atoms with van der Waals surface area (Å²) in [4.78, 5) is 14.7. The molecule has 0 radical (unpaired) electrons. The molecule has 1 fully saturated rings. The zero-order valence-corrected chi connectivity index (χ0v) is 14.4. The van der Waals surface area contributed by atoms with Gasteiger partial charge in [0.1, 0.15) is 5.76 Å². The van der Waals surface area contributed by atoms with E-state index in [9.17, 15) is 4.79 Å². The van der Waals surface area contributed by atoms with Crippen LogP contribution in [0.15, 0.2) is 33.3 Å². The Hall–Kier alpha value is -1.62. The third-order valence-electron chi connectivity index (χ3n) is 4.34. The Morgan fingerprint density at radius 1 is 1.36 bits per heavy atom. The zero-order valence-electron chi connectivity index (χ0n) is 12.8. The van der Waals surface area contributed by atoms with E-state index in [-0.39, 0.29) is 11.9 Å². The van der Waals surface area contributed by atoms with Crippen LogP contribution in [0.3, 0.4) is 0 Å². The van der Waals surface area contributed by atoms with Gasteiger partial charge in [-0.25, -0.2) is 0 Å². The Morgan fingerprint density at radius 2 is 2.09 bits per heavy atom. The molecule has 3 rings (SSSR count). The molecule has 1 atom stereocenters. The topological polar surface area (TPSA) is 46.3 Å². The summed E-state index contributed by atoms with van der Waals surface area (Å²) in [6.45, 7) is 4.57. The Bertz CT molecular complexity index is 659. The smallest absolute Gasteiger partial charge is 0.227 e. The first-order valence-corrected chi connectivity index (χ1v) is 8.32. The predicted octanol–water partition coefficient (Wildman–Crippen LogP) is 3.96. The summed E-state index contributed by atoms with van der Waals surface area (Å²) in [5.74, 6) is 0.894. The number of aromatic nitrogens is 1. The van der Waals surface area contributed by atoms with Gasteiger partial charge in [0.15, 0.2) is 0 Å². The maximum absolute atomic E-state index is 12.7. The van der Waals surface area contributed by atoms with Crippen LogP contribution in [0.4, 0.5) is 0 Å². The lowest BCUT2D eigenvalue weighted by atomic mass is 10.0. The molecule has 116 valence electrons. The Balaban J connectivity index is 1.78. The van der Waals surface area contributed by atoms with Gasteiger partial charge in [0.05, 0.1) is 18.2 Å². The number of benzene rings is 1. The number of hydrogen-bond donors (Lipinski definition) is 0. The van der Waals surface area contributed by atoms with Crippen molar-refractivity contribution in [1.82, 2.24) is 10.1 Å². The number of rotatable bonds is 3. The van der Waals surface area contributed by atoms with Gasteiger partial charge in [-0.15, -0.1) is 0 Å². The van der Waals surface area contributed by atoms with Crippen molar-refractivity contribution in [3.05, 3.63) is 51.3 Å². The second kappa shape index (κ2) is 6.24. The Kier molecular flexibility index (Phi) is 4.34. The van der Waals surface area contributed by atoms with E-state index < -0.39 is 0 Å². The third-order valence-corrected chi connectivity index (χ3v) is 4.87. The van der Waals surface area contributed by atoms with E-state index >= 15 is 0 Å². The van der Waals surface area contributed by atoms with E-state index in [1.54, 1.807) is 0 Å². The molecule has 0 unspecified atom stereocenters. The number of carbonyl (C=O) groups excluding carboxylic acids is 1. The molecule has 0 bridgehead atoms. The normalized spacial score (nSPS) is 18.0. The van der Waals surface area contributed by atoms with Gasteiger partial charge in [-0.3, -0.25) is 4.79 Å². The van der Waals surface area contributed by atoms with Crippen molar-refractivity contribution in [3.8, 4) is 0 Å². The lowest BCUT2D eigenvalue weighted by Crippen LogP contribution is -2.32. The monoisotopic (exact) mass is 362 g/mol. The first kappa shape index (κ1) is 15.3. The standard InChI is InChI=1S/C17H19BrN2O2/c1-11-15(12(2)22-19-11)10-17(21)20-9-3-4-16(20)13-5-7-14(18)8-6-13/h5-8,16H,3-4,9-10H2,1-2H3/t16-/m1/s1. The number of carbonyl (C=O) groups is 1. The van der Waals surface area contributed by atoms with E-state index in [4.69, 9.17) is 4.52 Å². The first-order chi connectivity index (χ1) is 10.6. The number of nitrogens with zero attached hydrogens (tertiary/aromatic N) is 2. The van der Waals surface area contributed by atoms with E-state index in [0.717, 1.165) is 40.9 Å². The van der Waals surface area contributed by atoms with Crippen LogP contribution in [0, 0.1) is 13.8 Å². The molecular weight excluding hydrogens is 344 g/mol. The third kappa shape index (κ3) is 2.95. The number of halogens is 1. The lowest BCUT2D eigenvalue weighted by molar-refractivity contribution is -0.131. The average Bonchev–Trinajstić information content (AvgIpc) is 3.10. The van der Waals surface area contributed by atoms with Gasteiger partial charge in [0.25, 0.3) is 0 Å². The molecule has 0 aliphatic carbocycles. The van der Waals surface area contributed by atoms with Gasteiger partial charge in [0.2, 0.25) is 5.91 Å². The van der Waals surface area contributed by atoms with Crippen LogP contribution in [0.5, 0.6) is 0 Å². The van der Waals surface area contributed by atoms with Gasteiger partial charge in [-0.1, -0.05) is 33.2 Å². The zero-order chi connectivity index (χ0) is 15.7. The fraction of sp³-hybridized carbons (Fsp3) is 0.412. The summed E-state index contributed by atoms with van der Waals surface area (Å²) in [6.07, 6.45) is 2.44. The van der Waals surface area contributed by atoms with Crippen LogP contribution < -0.4 is 0 Å². The molecule has 22 heavy (non-hydrogen) atoms. The highest BCUT2D eigenvalue weighted by atomic mass is 79.9. The van der Waals surface area contributed by atoms with Crippen molar-refractivity contribution in [2.75, 3.05) is 6.54 Å². The van der Waals surface area contributed by atoms with Crippen molar-refractivity contribution >= 4 is 21.8 Å². The van der Waals surface area contributed by atoms with Crippen LogP contribution in [-0.2, 0) is 11.2 Å². The fourth-order valence-electron chi connectivity index (χ4n) is 3.10. The van der Waals surface area contributed by atoms with Gasteiger partial charge in [-0.2, -0.15) is 0 Å². The lowest BCUT2D eigenvalue weighted by Gasteiger charge is -2.25. The molecule has 1 aromatic carbocycles. The van der Waals surface area contributed by atoms with Gasteiger partial charge in [0, 0.05) is 16.6 Å². The number of hydrogen-bond acceptors (Lipinski definition) is 3. The van der Waals surface area contributed by atoms with Crippen molar-refractivity contribution < 1.29 is 9.32 Å². The molecule has 1 aliphatic heterocycles. The molecule has 1 saturated heterocycles. The molecule has 0 N–H and O–H groups in total. The maximum Gasteiger partial charge on any atom is 0.227 e. The summed E-state index contributed by atoms with van der Waals surface area (Å²) >= 11 is 3.46. The van der Waals surface area contributed by atoms with Crippen LogP contribution >= 0.6 is 15.9 Å². The molecular formula is C17H19BrN2O2. The molecule has 1 amide bonds. The summed E-state index contributed by atoms with van der Waals surface area (Å²) in [6, 6.07) is 8.43. The molecule has 4 nitrogen and oxygen atoms in total. The highest BCUT2D eigenvalue weighted by molar-refractivity contribution is 9.10. The molecule has 5 heteroatoms. The highest BCUT2D eigenvalue weighted by Gasteiger charge is 2.30. The number of likely N-dealkylation sites (tertiary alicyclic amines) is 1. The Labute approximate surface area is 138 Å². The van der Waals surface area contributed by atoms with Crippen LogP contribution in [0.25, 0.3) is 0 Å². The van der Waals surface area contributed by atoms with E-state index in [0.29, 0.717) is 6.42 Å². The Morgan fingerprint density at radius 3 is 2.73 bits per heavy atom. The van der Waals surface area contributed by atoms with Gasteiger partial charge >= 0.3 is 0 Å². The fourth-order valence-corrected chi connectivity index (χ4v) is 3.37. The molecule has 2 aromatic rings. The summed E-state index contributed by atoms with van der Waals surface area (Å²) in [5, 5.41) is 3.93. The number of aryl methyl sites for hydroxylation is 2. The van der Waals surface area contributed by atoms with Gasteiger partial charge < -0.3 is 9.42 Å². The minimum Gasteiger partial charge on any atom is -0.361 e. The van der Waals surface area contributed by atoms with Crippen LogP contribution in [0.1, 0.15) is 41.5 Å². The van der Waals surface area contributed by atoms with Crippen molar-refractivity contribution in [1.29, 1.82) is 0 Å². The van der Waals surface area contributed by atoms with Crippen LogP contribution in [0.2, 0.25) is 0 Å². The second-order valence-electron chi connectivity index (χ2n) is 5.78. The van der Waals surface area contributed by atoms with Crippen LogP contribution in [-0.4, -0.2) is 22.5 Å².